The number of hydrogen-bond donors (Lipinski definition) is 1. The summed E-state index contributed by atoms with van der Waals surface area (Å²) < 4.78 is -0.238. The number of Topliss-reactive ketones (excluding diaryl/α,β-unsaturated/α-hetero) is 1. The Morgan fingerprint density at radius 2 is 1.62 bits per heavy atom. The van der Waals surface area contributed by atoms with Gasteiger partial charge in [-0.25, -0.2) is 0 Å². The van der Waals surface area contributed by atoms with Crippen LogP contribution in [0.1, 0.15) is 48.5 Å². The lowest BCUT2D eigenvalue weighted by molar-refractivity contribution is -0.118. The molecule has 0 saturated heterocycles. The lowest BCUT2D eigenvalue weighted by atomic mass is 10.1. The second kappa shape index (κ2) is 15.3. The molecule has 16 heavy (non-hydrogen) atoms. The summed E-state index contributed by atoms with van der Waals surface area (Å²) >= 11 is 0. The predicted molar refractivity (Wildman–Crippen MR) is 81.4 cm³/mol. The highest BCUT2D eigenvalue weighted by Crippen LogP contribution is 2.35. The van der Waals surface area contributed by atoms with Crippen LogP contribution in [0.25, 0.3) is 0 Å². The molecule has 100 valence electrons. The lowest BCUT2D eigenvalue weighted by Crippen LogP contribution is -2.24. The number of carbonyl (C=O) groups is 1. The third kappa shape index (κ3) is 14.3. The van der Waals surface area contributed by atoms with Crippen molar-refractivity contribution in [3.8, 4) is 0 Å². The molecule has 4 heteroatoms. The van der Waals surface area contributed by atoms with Gasteiger partial charge in [0.2, 0.25) is 0 Å². The molecule has 0 rings (SSSR count). The quantitative estimate of drug-likeness (QED) is 0.581. The molecule has 0 heterocycles. The molecule has 0 saturated carbocycles. The van der Waals surface area contributed by atoms with E-state index < -0.39 is 0 Å². The Morgan fingerprint density at radius 1 is 1.19 bits per heavy atom. The minimum atomic E-state index is -0.238. The van der Waals surface area contributed by atoms with Crippen molar-refractivity contribution in [2.45, 2.75) is 53.2 Å². The molecule has 0 aromatic carbocycles. The first kappa shape index (κ1) is 21.6. The molecule has 0 aliphatic carbocycles. The average molecular weight is 268 g/mol. The summed E-state index contributed by atoms with van der Waals surface area (Å²) in [5.41, 5.74) is 0. The van der Waals surface area contributed by atoms with Gasteiger partial charge in [-0.15, -0.1) is 0 Å². The molecule has 1 N–H and O–H groups in total. The fourth-order valence-corrected chi connectivity index (χ4v) is 2.91. The smallest absolute Gasteiger partial charge is 0.146 e. The van der Waals surface area contributed by atoms with E-state index in [-0.39, 0.29) is 10.5 Å². The van der Waals surface area contributed by atoms with Crippen LogP contribution in [0.2, 0.25) is 0 Å². The van der Waals surface area contributed by atoms with Crippen LogP contribution in [0, 0.1) is 0 Å². The Hall–Kier alpha value is 0.330. The van der Waals surface area contributed by atoms with Gasteiger partial charge < -0.3 is 5.32 Å². The SMILES string of the molecule is CC.CC.CNCCSSC(C)(C)C(C)=O. The van der Waals surface area contributed by atoms with E-state index in [9.17, 15) is 4.79 Å². The molecule has 0 aromatic rings. The van der Waals surface area contributed by atoms with Crippen LogP contribution >= 0.6 is 21.6 Å². The summed E-state index contributed by atoms with van der Waals surface area (Å²) in [5.74, 6) is 1.28. The van der Waals surface area contributed by atoms with Crippen molar-refractivity contribution < 1.29 is 4.79 Å². The summed E-state index contributed by atoms with van der Waals surface area (Å²) in [5, 5.41) is 3.06. The molecule has 0 atom stereocenters. The van der Waals surface area contributed by atoms with Crippen LogP contribution in [0.15, 0.2) is 0 Å². The van der Waals surface area contributed by atoms with E-state index in [4.69, 9.17) is 0 Å². The number of carbonyl (C=O) groups excluding carboxylic acids is 1. The molecular weight excluding hydrogens is 238 g/mol. The Bertz CT molecular complexity index is 150. The monoisotopic (exact) mass is 267 g/mol. The van der Waals surface area contributed by atoms with E-state index in [0.29, 0.717) is 0 Å². The number of hydrogen-bond acceptors (Lipinski definition) is 4. The minimum Gasteiger partial charge on any atom is -0.319 e. The second-order valence-electron chi connectivity index (χ2n) is 3.08. The van der Waals surface area contributed by atoms with Crippen LogP contribution in [-0.2, 0) is 4.79 Å². The largest absolute Gasteiger partial charge is 0.319 e. The van der Waals surface area contributed by atoms with Gasteiger partial charge in [0.05, 0.1) is 4.75 Å². The predicted octanol–water partition coefficient (Wildman–Crippen LogP) is 4.01. The fraction of sp³-hybridized carbons (Fsp3) is 0.917. The van der Waals surface area contributed by atoms with E-state index in [2.05, 4.69) is 5.32 Å². The molecule has 0 aliphatic rings. The zero-order valence-corrected chi connectivity index (χ0v) is 13.8. The number of ketones is 1. The van der Waals surface area contributed by atoms with Crippen molar-refractivity contribution in [1.29, 1.82) is 0 Å². The van der Waals surface area contributed by atoms with Gasteiger partial charge in [-0.3, -0.25) is 4.79 Å². The summed E-state index contributed by atoms with van der Waals surface area (Å²) in [6, 6.07) is 0. The molecule has 0 unspecified atom stereocenters. The van der Waals surface area contributed by atoms with Gasteiger partial charge in [-0.05, 0) is 27.8 Å². The van der Waals surface area contributed by atoms with E-state index in [1.54, 1.807) is 28.5 Å². The second-order valence-corrected chi connectivity index (χ2v) is 6.11. The maximum absolute atomic E-state index is 11.1. The Balaban J connectivity index is -0.000000376. The van der Waals surface area contributed by atoms with Crippen LogP contribution < -0.4 is 5.32 Å². The molecule has 2 nitrogen and oxygen atoms in total. The minimum absolute atomic E-state index is 0.238. The zero-order chi connectivity index (χ0) is 13.6. The third-order valence-electron chi connectivity index (χ3n) is 1.55. The van der Waals surface area contributed by atoms with Gasteiger partial charge in [-0.2, -0.15) is 0 Å². The highest BCUT2D eigenvalue weighted by molar-refractivity contribution is 8.77. The van der Waals surface area contributed by atoms with E-state index in [1.807, 2.05) is 48.6 Å². The first-order valence-electron chi connectivity index (χ1n) is 5.97. The average Bonchev–Trinajstić information content (AvgIpc) is 2.30. The highest BCUT2D eigenvalue weighted by atomic mass is 33.1. The molecule has 0 aliphatic heterocycles. The summed E-state index contributed by atoms with van der Waals surface area (Å²) in [6.07, 6.45) is 0. The molecule has 0 aromatic heterocycles. The van der Waals surface area contributed by atoms with Gasteiger partial charge in [0.25, 0.3) is 0 Å². The third-order valence-corrected chi connectivity index (χ3v) is 4.85. The van der Waals surface area contributed by atoms with Crippen LogP contribution in [0.5, 0.6) is 0 Å². The van der Waals surface area contributed by atoms with E-state index in [0.717, 1.165) is 12.3 Å². The normalized spacial score (nSPS) is 9.50. The van der Waals surface area contributed by atoms with Crippen molar-refractivity contribution >= 4 is 27.4 Å². The molecule has 0 amide bonds. The molecule has 0 radical (unpaired) electrons. The lowest BCUT2D eigenvalue weighted by Gasteiger charge is -2.18. The Labute approximate surface area is 110 Å². The maximum atomic E-state index is 11.1. The summed E-state index contributed by atoms with van der Waals surface area (Å²) in [4.78, 5) is 11.1. The Morgan fingerprint density at radius 3 is 1.94 bits per heavy atom. The van der Waals surface area contributed by atoms with Crippen LogP contribution in [0.4, 0.5) is 0 Å². The van der Waals surface area contributed by atoms with Crippen molar-refractivity contribution in [2.24, 2.45) is 0 Å². The highest BCUT2D eigenvalue weighted by Gasteiger charge is 2.24. The molecule has 0 fully saturated rings. The van der Waals surface area contributed by atoms with Gasteiger partial charge >= 0.3 is 0 Å². The zero-order valence-electron chi connectivity index (χ0n) is 12.1. The van der Waals surface area contributed by atoms with Crippen LogP contribution in [-0.4, -0.2) is 29.9 Å². The Kier molecular flexibility index (Phi) is 20.7. The first-order valence-corrected chi connectivity index (χ1v) is 8.29. The number of nitrogens with one attached hydrogen (secondary N) is 1. The van der Waals surface area contributed by atoms with Crippen LogP contribution in [0.3, 0.4) is 0 Å². The number of rotatable bonds is 6. The van der Waals surface area contributed by atoms with Gasteiger partial charge in [-0.1, -0.05) is 49.3 Å². The summed E-state index contributed by atoms with van der Waals surface area (Å²) in [6.45, 7) is 14.6. The van der Waals surface area contributed by atoms with Crippen molar-refractivity contribution in [1.82, 2.24) is 5.32 Å². The molecular formula is C12H29NOS2. The topological polar surface area (TPSA) is 29.1 Å². The maximum Gasteiger partial charge on any atom is 0.146 e. The first-order chi connectivity index (χ1) is 7.50. The standard InChI is InChI=1S/C8H17NOS2.2C2H6/c1-7(10)8(2,3)12-11-6-5-9-4;2*1-2/h9H,5-6H2,1-4H3;2*1-2H3. The van der Waals surface area contributed by atoms with Gasteiger partial charge in [0.15, 0.2) is 0 Å². The fourth-order valence-electron chi connectivity index (χ4n) is 0.391. The van der Waals surface area contributed by atoms with E-state index >= 15 is 0 Å². The van der Waals surface area contributed by atoms with E-state index in [1.165, 1.54) is 0 Å². The molecule has 0 spiro atoms. The van der Waals surface area contributed by atoms with Gasteiger partial charge in [0.1, 0.15) is 5.78 Å². The summed E-state index contributed by atoms with van der Waals surface area (Å²) in [7, 11) is 5.33. The van der Waals surface area contributed by atoms with Crippen molar-refractivity contribution in [3.63, 3.8) is 0 Å². The van der Waals surface area contributed by atoms with Gasteiger partial charge in [0, 0.05) is 12.3 Å². The molecule has 0 bridgehead atoms. The van der Waals surface area contributed by atoms with Crippen molar-refractivity contribution in [3.05, 3.63) is 0 Å². The van der Waals surface area contributed by atoms with Crippen molar-refractivity contribution in [2.75, 3.05) is 19.3 Å².